The number of hydrogen-bond acceptors (Lipinski definition) is 7. The minimum absolute atomic E-state index is 0.295. The normalized spacial score (nSPS) is 17.3. The Hall–Kier alpha value is -1.54. The molecule has 1 fully saturated rings. The van der Waals surface area contributed by atoms with E-state index in [2.05, 4.69) is 16.8 Å². The van der Waals surface area contributed by atoms with Gasteiger partial charge in [0, 0.05) is 32.7 Å². The number of β-amino-alcohol motifs (C(OH)–C–C–N with tert-alkyl or cyclic N) is 1. The molecule has 1 aliphatic rings. The summed E-state index contributed by atoms with van der Waals surface area (Å²) in [6.45, 7) is 5.36. The third-order valence-electron chi connectivity index (χ3n) is 4.37. The van der Waals surface area contributed by atoms with Gasteiger partial charge in [0.2, 0.25) is 5.75 Å². The number of rotatable bonds is 9. The van der Waals surface area contributed by atoms with Gasteiger partial charge in [0.15, 0.2) is 11.5 Å². The molecule has 1 N–H and O–H groups in total. The van der Waals surface area contributed by atoms with E-state index in [1.165, 1.54) is 0 Å². The topological polar surface area (TPSA) is 63.6 Å². The molecule has 0 radical (unpaired) electrons. The van der Waals surface area contributed by atoms with Crippen molar-refractivity contribution in [3.63, 3.8) is 0 Å². The van der Waals surface area contributed by atoms with Crippen molar-refractivity contribution in [1.82, 2.24) is 9.80 Å². The summed E-state index contributed by atoms with van der Waals surface area (Å²) in [4.78, 5) is 4.57. The number of likely N-dealkylation sites (N-methyl/N-ethyl adjacent to an activating group) is 1. The molecule has 0 bridgehead atoms. The van der Waals surface area contributed by atoms with E-state index in [0.29, 0.717) is 37.0 Å². The number of ether oxygens (including phenoxy) is 4. The molecule has 25 heavy (non-hydrogen) atoms. The fourth-order valence-corrected chi connectivity index (χ4v) is 2.91. The summed E-state index contributed by atoms with van der Waals surface area (Å²) in [7, 11) is 6.86. The number of aliphatic hydroxyl groups excluding tert-OH is 1. The Morgan fingerprint density at radius 1 is 1.00 bits per heavy atom. The number of benzene rings is 1. The van der Waals surface area contributed by atoms with Crippen LogP contribution in [0, 0.1) is 0 Å². The standard InChI is InChI=1S/C18H30N2O5/c1-19-5-7-20(8-6-19)11-15(21)13-25-12-14-9-16(22-2)18(24-4)17(10-14)23-3/h9-10,15,21H,5-8,11-13H2,1-4H3/t15-/m0/s1. The van der Waals surface area contributed by atoms with Crippen molar-refractivity contribution >= 4 is 0 Å². The third-order valence-corrected chi connectivity index (χ3v) is 4.37. The van der Waals surface area contributed by atoms with Gasteiger partial charge in [-0.05, 0) is 24.7 Å². The zero-order chi connectivity index (χ0) is 18.2. The van der Waals surface area contributed by atoms with Gasteiger partial charge in [0.05, 0.1) is 40.6 Å². The van der Waals surface area contributed by atoms with Crippen molar-refractivity contribution in [2.24, 2.45) is 0 Å². The minimum atomic E-state index is -0.495. The van der Waals surface area contributed by atoms with Gasteiger partial charge in [-0.2, -0.15) is 0 Å². The Balaban J connectivity index is 1.82. The molecule has 0 spiro atoms. The van der Waals surface area contributed by atoms with Crippen LogP contribution in [0.1, 0.15) is 5.56 Å². The molecule has 2 rings (SSSR count). The van der Waals surface area contributed by atoms with E-state index in [1.807, 2.05) is 12.1 Å². The Bertz CT molecular complexity index is 507. The van der Waals surface area contributed by atoms with Crippen molar-refractivity contribution in [1.29, 1.82) is 0 Å². The number of hydrogen-bond donors (Lipinski definition) is 1. The quantitative estimate of drug-likeness (QED) is 0.705. The summed E-state index contributed by atoms with van der Waals surface area (Å²) in [5, 5.41) is 10.2. The molecule has 1 aromatic carbocycles. The summed E-state index contributed by atoms with van der Waals surface area (Å²) in [6.07, 6.45) is -0.495. The van der Waals surface area contributed by atoms with Crippen LogP contribution in [0.3, 0.4) is 0 Å². The van der Waals surface area contributed by atoms with Crippen LogP contribution in [-0.2, 0) is 11.3 Å². The number of aliphatic hydroxyl groups is 1. The molecule has 1 saturated heterocycles. The van der Waals surface area contributed by atoms with Crippen LogP contribution in [-0.4, -0.2) is 88.7 Å². The van der Waals surface area contributed by atoms with E-state index in [4.69, 9.17) is 18.9 Å². The molecule has 0 aliphatic carbocycles. The van der Waals surface area contributed by atoms with Crippen LogP contribution < -0.4 is 14.2 Å². The molecule has 1 aromatic rings. The average Bonchev–Trinajstić information content (AvgIpc) is 2.62. The molecule has 1 aliphatic heterocycles. The maximum absolute atomic E-state index is 10.2. The van der Waals surface area contributed by atoms with Crippen molar-refractivity contribution in [2.75, 3.05) is 67.7 Å². The number of nitrogens with zero attached hydrogens (tertiary/aromatic N) is 2. The van der Waals surface area contributed by atoms with E-state index < -0.39 is 6.10 Å². The van der Waals surface area contributed by atoms with Gasteiger partial charge in [-0.25, -0.2) is 0 Å². The predicted octanol–water partition coefficient (Wildman–Crippen LogP) is 0.837. The van der Waals surface area contributed by atoms with E-state index in [-0.39, 0.29) is 0 Å². The molecule has 7 nitrogen and oxygen atoms in total. The Morgan fingerprint density at radius 3 is 2.12 bits per heavy atom. The molecule has 7 heteroatoms. The first kappa shape index (κ1) is 19.8. The number of methoxy groups -OCH3 is 3. The fourth-order valence-electron chi connectivity index (χ4n) is 2.91. The second-order valence-corrected chi connectivity index (χ2v) is 6.31. The highest BCUT2D eigenvalue weighted by atomic mass is 16.5. The molecule has 0 saturated carbocycles. The highest BCUT2D eigenvalue weighted by Crippen LogP contribution is 2.38. The molecule has 1 atom stereocenters. The van der Waals surface area contributed by atoms with E-state index in [1.54, 1.807) is 21.3 Å². The van der Waals surface area contributed by atoms with E-state index in [9.17, 15) is 5.11 Å². The van der Waals surface area contributed by atoms with Crippen LogP contribution in [0.2, 0.25) is 0 Å². The van der Waals surface area contributed by atoms with Gasteiger partial charge in [0.25, 0.3) is 0 Å². The zero-order valence-electron chi connectivity index (χ0n) is 15.7. The summed E-state index contributed by atoms with van der Waals surface area (Å²) >= 11 is 0. The van der Waals surface area contributed by atoms with Crippen molar-refractivity contribution in [2.45, 2.75) is 12.7 Å². The molecule has 142 valence electrons. The lowest BCUT2D eigenvalue weighted by Gasteiger charge is -2.33. The van der Waals surface area contributed by atoms with Gasteiger partial charge in [0.1, 0.15) is 0 Å². The summed E-state index contributed by atoms with van der Waals surface area (Å²) in [5.74, 6) is 1.75. The van der Waals surface area contributed by atoms with Crippen LogP contribution in [0.15, 0.2) is 12.1 Å². The van der Waals surface area contributed by atoms with Gasteiger partial charge >= 0.3 is 0 Å². The molecule has 1 heterocycles. The Labute approximate surface area is 150 Å². The Morgan fingerprint density at radius 2 is 1.60 bits per heavy atom. The first-order valence-electron chi connectivity index (χ1n) is 8.53. The monoisotopic (exact) mass is 354 g/mol. The van der Waals surface area contributed by atoms with Gasteiger partial charge < -0.3 is 29.0 Å². The highest BCUT2D eigenvalue weighted by Gasteiger charge is 2.17. The number of piperazine rings is 1. The van der Waals surface area contributed by atoms with Crippen LogP contribution in [0.4, 0.5) is 0 Å². The minimum Gasteiger partial charge on any atom is -0.493 e. The summed E-state index contributed by atoms with van der Waals surface area (Å²) in [6, 6.07) is 3.71. The summed E-state index contributed by atoms with van der Waals surface area (Å²) in [5.41, 5.74) is 0.904. The largest absolute Gasteiger partial charge is 0.493 e. The molecule has 0 aromatic heterocycles. The molecule has 0 amide bonds. The lowest BCUT2D eigenvalue weighted by Crippen LogP contribution is -2.47. The first-order chi connectivity index (χ1) is 12.1. The second kappa shape index (κ2) is 9.82. The molecule has 0 unspecified atom stereocenters. The van der Waals surface area contributed by atoms with E-state index in [0.717, 1.165) is 31.7 Å². The first-order valence-corrected chi connectivity index (χ1v) is 8.53. The van der Waals surface area contributed by atoms with Gasteiger partial charge in [-0.1, -0.05) is 0 Å². The maximum atomic E-state index is 10.2. The van der Waals surface area contributed by atoms with Crippen molar-refractivity contribution in [3.05, 3.63) is 17.7 Å². The molecular weight excluding hydrogens is 324 g/mol. The van der Waals surface area contributed by atoms with Crippen LogP contribution in [0.25, 0.3) is 0 Å². The van der Waals surface area contributed by atoms with Gasteiger partial charge in [-0.15, -0.1) is 0 Å². The van der Waals surface area contributed by atoms with Crippen LogP contribution in [0.5, 0.6) is 17.2 Å². The smallest absolute Gasteiger partial charge is 0.203 e. The third kappa shape index (κ3) is 5.74. The van der Waals surface area contributed by atoms with Gasteiger partial charge in [-0.3, -0.25) is 4.90 Å². The summed E-state index contributed by atoms with van der Waals surface area (Å²) < 4.78 is 21.7. The Kier molecular flexibility index (Phi) is 7.77. The zero-order valence-corrected chi connectivity index (χ0v) is 15.7. The predicted molar refractivity (Wildman–Crippen MR) is 95.7 cm³/mol. The average molecular weight is 354 g/mol. The highest BCUT2D eigenvalue weighted by molar-refractivity contribution is 5.53. The molecular formula is C18H30N2O5. The maximum Gasteiger partial charge on any atom is 0.203 e. The lowest BCUT2D eigenvalue weighted by molar-refractivity contribution is 0.00289. The van der Waals surface area contributed by atoms with E-state index >= 15 is 0 Å². The SMILES string of the molecule is COc1cc(COC[C@@H](O)CN2CCN(C)CC2)cc(OC)c1OC. The second-order valence-electron chi connectivity index (χ2n) is 6.31. The van der Waals surface area contributed by atoms with Crippen molar-refractivity contribution < 1.29 is 24.1 Å². The van der Waals surface area contributed by atoms with Crippen molar-refractivity contribution in [3.8, 4) is 17.2 Å². The lowest BCUT2D eigenvalue weighted by atomic mass is 10.2. The fraction of sp³-hybridized carbons (Fsp3) is 0.667. The van der Waals surface area contributed by atoms with Crippen LogP contribution >= 0.6 is 0 Å².